The van der Waals surface area contributed by atoms with Gasteiger partial charge in [0.15, 0.2) is 22.5 Å². The van der Waals surface area contributed by atoms with E-state index < -0.39 is 5.91 Å². The zero-order chi connectivity index (χ0) is 28.4. The fraction of sp³-hybridized carbons (Fsp3) is 0.607. The third-order valence-corrected chi connectivity index (χ3v) is 8.95. The van der Waals surface area contributed by atoms with Gasteiger partial charge in [0.2, 0.25) is 0 Å². The van der Waals surface area contributed by atoms with E-state index in [0.29, 0.717) is 17.9 Å². The quantitative estimate of drug-likeness (QED) is 0.307. The number of aliphatic hydroxyl groups is 2. The van der Waals surface area contributed by atoms with Crippen molar-refractivity contribution in [2.45, 2.75) is 63.3 Å². The molecule has 2 fully saturated rings. The molecule has 2 unspecified atom stereocenters. The fourth-order valence-corrected chi connectivity index (χ4v) is 6.93. The molecule has 3 heterocycles. The molecular weight excluding hydrogens is 532 g/mol. The Bertz CT molecular complexity index is 1210. The number of hydrogen-bond acceptors (Lipinski definition) is 10. The predicted molar refractivity (Wildman–Crippen MR) is 156 cm³/mol. The Morgan fingerprint density at radius 3 is 2.65 bits per heavy atom. The second kappa shape index (κ2) is 12.4. The molecule has 0 bridgehead atoms. The number of piperazine rings is 1. The summed E-state index contributed by atoms with van der Waals surface area (Å²) in [5.74, 6) is 0.00620. The van der Waals surface area contributed by atoms with Gasteiger partial charge in [-0.15, -0.1) is 0 Å². The minimum absolute atomic E-state index is 0.0202. The Morgan fingerprint density at radius 2 is 1.93 bits per heavy atom. The maximum Gasteiger partial charge on any atom is 0.273 e. The van der Waals surface area contributed by atoms with E-state index in [4.69, 9.17) is 28.2 Å². The molecule has 11 nitrogen and oxygen atoms in total. The molecule has 1 aromatic carbocycles. The average Bonchev–Trinajstić information content (AvgIpc) is 2.96. The molecule has 0 radical (unpaired) electrons. The molecule has 218 valence electrons. The SMILES string of the molecule is CC[C@H]1CN(c2nc(N)c(C(=O)NCCO)nc2Cl)CCN1C1CCN(C2c3ccc(N)cc3CCC2O)CC1. The summed E-state index contributed by atoms with van der Waals surface area (Å²) >= 11 is 6.49. The predicted octanol–water partition coefficient (Wildman–Crippen LogP) is 1.43. The molecule has 40 heavy (non-hydrogen) atoms. The van der Waals surface area contributed by atoms with Gasteiger partial charge in [0, 0.05) is 57.0 Å². The van der Waals surface area contributed by atoms with Gasteiger partial charge in [-0.25, -0.2) is 9.97 Å². The number of fused-ring (bicyclic) bond motifs is 1. The van der Waals surface area contributed by atoms with Crippen molar-refractivity contribution in [3.8, 4) is 0 Å². The van der Waals surface area contributed by atoms with Crippen LogP contribution in [0.5, 0.6) is 0 Å². The third-order valence-electron chi connectivity index (χ3n) is 8.70. The summed E-state index contributed by atoms with van der Waals surface area (Å²) in [6, 6.07) is 6.94. The highest BCUT2D eigenvalue weighted by molar-refractivity contribution is 6.32. The van der Waals surface area contributed by atoms with Gasteiger partial charge in [0.1, 0.15) is 0 Å². The number of benzene rings is 1. The van der Waals surface area contributed by atoms with Crippen LogP contribution in [-0.4, -0.2) is 100.0 Å². The van der Waals surface area contributed by atoms with Crippen molar-refractivity contribution in [3.05, 3.63) is 40.2 Å². The van der Waals surface area contributed by atoms with Gasteiger partial charge in [-0.1, -0.05) is 24.6 Å². The minimum Gasteiger partial charge on any atom is -0.399 e. The molecule has 1 aliphatic carbocycles. The van der Waals surface area contributed by atoms with Crippen molar-refractivity contribution < 1.29 is 15.0 Å². The van der Waals surface area contributed by atoms with Gasteiger partial charge >= 0.3 is 0 Å². The number of carbonyl (C=O) groups excluding carboxylic acids is 1. The summed E-state index contributed by atoms with van der Waals surface area (Å²) in [5, 5.41) is 22.6. The van der Waals surface area contributed by atoms with Crippen molar-refractivity contribution in [3.63, 3.8) is 0 Å². The second-order valence-electron chi connectivity index (χ2n) is 11.1. The summed E-state index contributed by atoms with van der Waals surface area (Å²) in [6.07, 6.45) is 4.37. The molecule has 2 saturated heterocycles. The van der Waals surface area contributed by atoms with Crippen LogP contribution in [-0.2, 0) is 6.42 Å². The van der Waals surface area contributed by atoms with Crippen LogP contribution in [0, 0.1) is 0 Å². The normalized spacial score (nSPS) is 24.6. The molecule has 3 aliphatic rings. The first-order valence-electron chi connectivity index (χ1n) is 14.3. The molecule has 3 atom stereocenters. The van der Waals surface area contributed by atoms with Gasteiger partial charge in [0.25, 0.3) is 5.91 Å². The fourth-order valence-electron chi connectivity index (χ4n) is 6.68. The van der Waals surface area contributed by atoms with E-state index in [2.05, 4.69) is 49.0 Å². The van der Waals surface area contributed by atoms with Crippen LogP contribution in [0.1, 0.15) is 60.3 Å². The van der Waals surface area contributed by atoms with Crippen LogP contribution in [0.15, 0.2) is 18.2 Å². The maximum absolute atomic E-state index is 12.3. The average molecular weight is 573 g/mol. The highest BCUT2D eigenvalue weighted by Gasteiger charge is 2.38. The molecule has 7 N–H and O–H groups in total. The monoisotopic (exact) mass is 572 g/mol. The number of carbonyl (C=O) groups is 1. The Labute approximate surface area is 240 Å². The van der Waals surface area contributed by atoms with Crippen molar-refractivity contribution in [1.82, 2.24) is 25.1 Å². The number of halogens is 1. The summed E-state index contributed by atoms with van der Waals surface area (Å²) in [7, 11) is 0. The van der Waals surface area contributed by atoms with Gasteiger partial charge < -0.3 is 31.9 Å². The molecule has 2 aromatic rings. The van der Waals surface area contributed by atoms with E-state index in [1.165, 1.54) is 11.1 Å². The molecule has 0 saturated carbocycles. The van der Waals surface area contributed by atoms with E-state index >= 15 is 0 Å². The number of aromatic nitrogens is 2. The van der Waals surface area contributed by atoms with Gasteiger partial charge in [0.05, 0.1) is 18.8 Å². The zero-order valence-corrected chi connectivity index (χ0v) is 23.9. The lowest BCUT2D eigenvalue weighted by atomic mass is 9.83. The number of amides is 1. The molecule has 1 amide bonds. The number of anilines is 3. The summed E-state index contributed by atoms with van der Waals surface area (Å²) < 4.78 is 0. The molecule has 0 spiro atoms. The van der Waals surface area contributed by atoms with Crippen LogP contribution in [0.25, 0.3) is 0 Å². The van der Waals surface area contributed by atoms with Gasteiger partial charge in [-0.05, 0) is 55.4 Å². The third kappa shape index (κ3) is 5.84. The Morgan fingerprint density at radius 1 is 1.15 bits per heavy atom. The Hall–Kier alpha value is -2.70. The highest BCUT2D eigenvalue weighted by atomic mass is 35.5. The number of nitrogens with one attached hydrogen (secondary N) is 1. The first-order valence-corrected chi connectivity index (χ1v) is 14.7. The topological polar surface area (TPSA) is 157 Å². The molecular formula is C28H41ClN8O3. The lowest BCUT2D eigenvalue weighted by Crippen LogP contribution is -2.59. The number of nitrogens with zero attached hydrogens (tertiary/aromatic N) is 5. The Kier molecular flexibility index (Phi) is 8.96. The van der Waals surface area contributed by atoms with E-state index in [0.717, 1.165) is 70.5 Å². The number of aliphatic hydroxyl groups excluding tert-OH is 2. The summed E-state index contributed by atoms with van der Waals surface area (Å²) in [4.78, 5) is 28.2. The van der Waals surface area contributed by atoms with Crippen LogP contribution in [0.4, 0.5) is 17.3 Å². The lowest BCUT2D eigenvalue weighted by Gasteiger charge is -2.49. The maximum atomic E-state index is 12.3. The van der Waals surface area contributed by atoms with E-state index in [1.807, 2.05) is 6.07 Å². The number of rotatable bonds is 7. The minimum atomic E-state index is -0.511. The van der Waals surface area contributed by atoms with E-state index in [1.54, 1.807) is 0 Å². The lowest BCUT2D eigenvalue weighted by molar-refractivity contribution is -0.00100. The number of hydrogen-bond donors (Lipinski definition) is 5. The molecule has 1 aromatic heterocycles. The molecule has 2 aliphatic heterocycles. The van der Waals surface area contributed by atoms with Crippen LogP contribution < -0.4 is 21.7 Å². The first-order chi connectivity index (χ1) is 19.3. The van der Waals surface area contributed by atoms with Crippen molar-refractivity contribution in [1.29, 1.82) is 0 Å². The zero-order valence-electron chi connectivity index (χ0n) is 23.1. The summed E-state index contributed by atoms with van der Waals surface area (Å²) in [6.45, 7) is 6.36. The Balaban J connectivity index is 1.23. The highest BCUT2D eigenvalue weighted by Crippen LogP contribution is 2.38. The van der Waals surface area contributed by atoms with Crippen LogP contribution >= 0.6 is 11.6 Å². The summed E-state index contributed by atoms with van der Waals surface area (Å²) in [5.41, 5.74) is 15.4. The van der Waals surface area contributed by atoms with Crippen molar-refractivity contribution >= 4 is 34.8 Å². The number of piperidine rings is 1. The van der Waals surface area contributed by atoms with Crippen LogP contribution in [0.2, 0.25) is 5.15 Å². The van der Waals surface area contributed by atoms with Crippen molar-refractivity contribution in [2.24, 2.45) is 0 Å². The second-order valence-corrected chi connectivity index (χ2v) is 11.4. The molecule has 5 rings (SSSR count). The number of aryl methyl sites for hydroxylation is 1. The number of likely N-dealkylation sites (tertiary alicyclic amines) is 1. The number of nitrogens with two attached hydrogens (primary N) is 2. The number of nitrogen functional groups attached to an aromatic ring is 2. The van der Waals surface area contributed by atoms with E-state index in [-0.39, 0.29) is 42.0 Å². The first kappa shape index (κ1) is 28.8. The van der Waals surface area contributed by atoms with Crippen molar-refractivity contribution in [2.75, 3.05) is 62.2 Å². The van der Waals surface area contributed by atoms with Gasteiger partial charge in [-0.2, -0.15) is 0 Å². The van der Waals surface area contributed by atoms with Gasteiger partial charge in [-0.3, -0.25) is 14.6 Å². The van der Waals surface area contributed by atoms with E-state index in [9.17, 15) is 9.90 Å². The van der Waals surface area contributed by atoms with Crippen LogP contribution in [0.3, 0.4) is 0 Å². The largest absolute Gasteiger partial charge is 0.399 e. The standard InChI is InChI=1S/C28H41ClN8O3/c1-2-19-16-36(27-25(29)33-23(26(31)34-27)28(40)32-9-14-38)12-13-37(19)20-7-10-35(11-8-20)24-21-5-4-18(30)15-17(21)3-6-22(24)39/h4-5,15,19-20,22,24,38-39H,2-3,6-14,16,30H2,1H3,(H2,31,34)(H,32,40)/t19-,22?,24?/m0/s1. The smallest absolute Gasteiger partial charge is 0.273 e. The molecule has 12 heteroatoms.